The van der Waals surface area contributed by atoms with Crippen molar-refractivity contribution in [2.75, 3.05) is 26.7 Å². The van der Waals surface area contributed by atoms with E-state index < -0.39 is 0 Å². The molecule has 0 radical (unpaired) electrons. The van der Waals surface area contributed by atoms with Crippen LogP contribution in [0.5, 0.6) is 5.88 Å². The second kappa shape index (κ2) is 9.87. The average Bonchev–Trinajstić information content (AvgIpc) is 2.79. The first-order valence-electron chi connectivity index (χ1n) is 11.6. The van der Waals surface area contributed by atoms with Crippen LogP contribution in [0.3, 0.4) is 0 Å². The van der Waals surface area contributed by atoms with Gasteiger partial charge < -0.3 is 19.6 Å². The van der Waals surface area contributed by atoms with E-state index >= 15 is 0 Å². The SMILES string of the molecule is C[C@H](CO)N1C[C@H](C)[C@@H](CN(C)C(=O)C2CCC2)Oc2ncc(-c3ccncc3)cc2C1=O. The van der Waals surface area contributed by atoms with Gasteiger partial charge in [0.15, 0.2) is 0 Å². The third-order valence-corrected chi connectivity index (χ3v) is 6.82. The van der Waals surface area contributed by atoms with E-state index in [1.807, 2.05) is 33.0 Å². The zero-order chi connectivity index (χ0) is 23.5. The normalized spacial score (nSPS) is 21.8. The molecule has 4 rings (SSSR count). The molecule has 8 heteroatoms. The number of likely N-dealkylation sites (N-methyl/N-ethyl adjacent to an activating group) is 1. The smallest absolute Gasteiger partial charge is 0.259 e. The molecular weight excluding hydrogens is 420 g/mol. The molecule has 0 bridgehead atoms. The highest BCUT2D eigenvalue weighted by Crippen LogP contribution is 2.31. The number of pyridine rings is 2. The predicted molar refractivity (Wildman–Crippen MR) is 124 cm³/mol. The second-order valence-electron chi connectivity index (χ2n) is 9.28. The fourth-order valence-corrected chi connectivity index (χ4v) is 4.35. The maximum absolute atomic E-state index is 13.5. The standard InChI is InChI=1S/C25H32N4O4/c1-16-13-29(17(2)15-30)25(32)21-11-20(18-7-9-26-10-8-18)12-27-23(21)33-22(16)14-28(3)24(31)19-5-4-6-19/h7-12,16-17,19,22,30H,4-6,13-15H2,1-3H3/t16-,17+,22+/m0/s1. The highest BCUT2D eigenvalue weighted by molar-refractivity contribution is 5.98. The molecule has 3 atom stereocenters. The molecule has 8 nitrogen and oxygen atoms in total. The number of hydrogen-bond donors (Lipinski definition) is 1. The molecule has 2 amide bonds. The summed E-state index contributed by atoms with van der Waals surface area (Å²) in [7, 11) is 1.82. The van der Waals surface area contributed by atoms with E-state index in [9.17, 15) is 14.7 Å². The van der Waals surface area contributed by atoms with Crippen LogP contribution in [0.2, 0.25) is 0 Å². The van der Waals surface area contributed by atoms with Crippen molar-refractivity contribution in [3.8, 4) is 17.0 Å². The highest BCUT2D eigenvalue weighted by Gasteiger charge is 2.36. The number of ether oxygens (including phenoxy) is 1. The third-order valence-electron chi connectivity index (χ3n) is 6.82. The maximum Gasteiger partial charge on any atom is 0.259 e. The van der Waals surface area contributed by atoms with Gasteiger partial charge in [-0.05, 0) is 43.5 Å². The van der Waals surface area contributed by atoms with E-state index in [1.165, 1.54) is 0 Å². The molecule has 2 aromatic heterocycles. The summed E-state index contributed by atoms with van der Waals surface area (Å²) >= 11 is 0. The fourth-order valence-electron chi connectivity index (χ4n) is 4.35. The van der Waals surface area contributed by atoms with Gasteiger partial charge in [0.05, 0.1) is 19.2 Å². The molecule has 1 aliphatic heterocycles. The Kier molecular flexibility index (Phi) is 6.93. The summed E-state index contributed by atoms with van der Waals surface area (Å²) in [5.74, 6) is 0.235. The molecule has 33 heavy (non-hydrogen) atoms. The largest absolute Gasteiger partial charge is 0.472 e. The van der Waals surface area contributed by atoms with Crippen molar-refractivity contribution < 1.29 is 19.4 Å². The number of nitrogens with zero attached hydrogens (tertiary/aromatic N) is 4. The van der Waals surface area contributed by atoms with Gasteiger partial charge in [-0.2, -0.15) is 0 Å². The van der Waals surface area contributed by atoms with E-state index in [1.54, 1.807) is 34.5 Å². The summed E-state index contributed by atoms with van der Waals surface area (Å²) in [4.78, 5) is 38.2. The van der Waals surface area contributed by atoms with Crippen molar-refractivity contribution in [1.82, 2.24) is 19.8 Å². The summed E-state index contributed by atoms with van der Waals surface area (Å²) < 4.78 is 6.30. The molecule has 0 spiro atoms. The number of rotatable bonds is 6. The van der Waals surface area contributed by atoms with Crippen molar-refractivity contribution in [1.29, 1.82) is 0 Å². The van der Waals surface area contributed by atoms with Crippen molar-refractivity contribution in [3.05, 3.63) is 42.4 Å². The summed E-state index contributed by atoms with van der Waals surface area (Å²) in [6.45, 7) is 4.52. The average molecular weight is 453 g/mol. The summed E-state index contributed by atoms with van der Waals surface area (Å²) in [5, 5.41) is 9.81. The molecule has 1 N–H and O–H groups in total. The number of carbonyl (C=O) groups is 2. The fraction of sp³-hybridized carbons (Fsp3) is 0.520. The summed E-state index contributed by atoms with van der Waals surface area (Å²) in [5.41, 5.74) is 2.04. The van der Waals surface area contributed by atoms with Gasteiger partial charge in [0.2, 0.25) is 11.8 Å². The first kappa shape index (κ1) is 23.2. The van der Waals surface area contributed by atoms with Crippen LogP contribution in [-0.2, 0) is 4.79 Å². The molecular formula is C25H32N4O4. The first-order valence-corrected chi connectivity index (χ1v) is 11.6. The van der Waals surface area contributed by atoms with Crippen molar-refractivity contribution in [2.24, 2.45) is 11.8 Å². The van der Waals surface area contributed by atoms with Gasteiger partial charge >= 0.3 is 0 Å². The molecule has 2 aliphatic rings. The Labute approximate surface area is 194 Å². The molecule has 3 heterocycles. The topological polar surface area (TPSA) is 95.9 Å². The molecule has 1 aliphatic carbocycles. The quantitative estimate of drug-likeness (QED) is 0.724. The van der Waals surface area contributed by atoms with Crippen molar-refractivity contribution in [2.45, 2.75) is 45.3 Å². The zero-order valence-corrected chi connectivity index (χ0v) is 19.5. The van der Waals surface area contributed by atoms with E-state index in [0.29, 0.717) is 18.7 Å². The van der Waals surface area contributed by atoms with Gasteiger partial charge in [-0.1, -0.05) is 13.3 Å². The van der Waals surface area contributed by atoms with Gasteiger partial charge in [0.1, 0.15) is 11.7 Å². The lowest BCUT2D eigenvalue weighted by molar-refractivity contribution is -0.138. The van der Waals surface area contributed by atoms with Crippen LogP contribution in [0.15, 0.2) is 36.8 Å². The monoisotopic (exact) mass is 452 g/mol. The van der Waals surface area contributed by atoms with Crippen molar-refractivity contribution >= 4 is 11.8 Å². The Balaban J connectivity index is 1.67. The van der Waals surface area contributed by atoms with Crippen LogP contribution >= 0.6 is 0 Å². The number of hydrogen-bond acceptors (Lipinski definition) is 6. The van der Waals surface area contributed by atoms with Gasteiger partial charge in [-0.25, -0.2) is 4.98 Å². The number of aromatic nitrogens is 2. The number of aliphatic hydroxyl groups is 1. The van der Waals surface area contributed by atoms with Crippen LogP contribution in [0.1, 0.15) is 43.5 Å². The lowest BCUT2D eigenvalue weighted by atomic mass is 9.84. The van der Waals surface area contributed by atoms with Gasteiger partial charge in [-0.3, -0.25) is 14.6 Å². The van der Waals surface area contributed by atoms with E-state index in [2.05, 4.69) is 9.97 Å². The Morgan fingerprint density at radius 2 is 2.03 bits per heavy atom. The molecule has 0 saturated heterocycles. The van der Waals surface area contributed by atoms with Gasteiger partial charge in [-0.15, -0.1) is 0 Å². The Bertz CT molecular complexity index is 995. The summed E-state index contributed by atoms with van der Waals surface area (Å²) in [6, 6.07) is 5.15. The third kappa shape index (κ3) is 4.85. The highest BCUT2D eigenvalue weighted by atomic mass is 16.5. The van der Waals surface area contributed by atoms with Gasteiger partial charge in [0.25, 0.3) is 5.91 Å². The number of aliphatic hydroxyl groups excluding tert-OH is 1. The minimum absolute atomic E-state index is 0.0607. The van der Waals surface area contributed by atoms with Crippen LogP contribution in [0.4, 0.5) is 0 Å². The van der Waals surface area contributed by atoms with E-state index in [0.717, 1.165) is 30.4 Å². The molecule has 1 saturated carbocycles. The zero-order valence-electron chi connectivity index (χ0n) is 19.5. The Morgan fingerprint density at radius 3 is 2.67 bits per heavy atom. The minimum atomic E-state index is -0.356. The lowest BCUT2D eigenvalue weighted by Crippen LogP contribution is -2.51. The van der Waals surface area contributed by atoms with Gasteiger partial charge in [0, 0.05) is 49.6 Å². The van der Waals surface area contributed by atoms with Crippen LogP contribution in [0.25, 0.3) is 11.1 Å². The Morgan fingerprint density at radius 1 is 1.30 bits per heavy atom. The van der Waals surface area contributed by atoms with E-state index in [4.69, 9.17) is 4.74 Å². The van der Waals surface area contributed by atoms with E-state index in [-0.39, 0.29) is 48.3 Å². The second-order valence-corrected chi connectivity index (χ2v) is 9.28. The van der Waals surface area contributed by atoms with Crippen molar-refractivity contribution in [3.63, 3.8) is 0 Å². The van der Waals surface area contributed by atoms with Crippen LogP contribution < -0.4 is 4.74 Å². The maximum atomic E-state index is 13.5. The number of carbonyl (C=O) groups excluding carboxylic acids is 2. The molecule has 0 unspecified atom stereocenters. The molecule has 2 aromatic rings. The first-order chi connectivity index (χ1) is 15.9. The molecule has 0 aromatic carbocycles. The minimum Gasteiger partial charge on any atom is -0.472 e. The lowest BCUT2D eigenvalue weighted by Gasteiger charge is -2.38. The van der Waals surface area contributed by atoms with Crippen LogP contribution in [0, 0.1) is 11.8 Å². The summed E-state index contributed by atoms with van der Waals surface area (Å²) in [6.07, 6.45) is 7.74. The van der Waals surface area contributed by atoms with Crippen LogP contribution in [-0.4, -0.2) is 75.6 Å². The molecule has 1 fully saturated rings. The number of fused-ring (bicyclic) bond motifs is 1. The molecule has 176 valence electrons. The number of amides is 2. The predicted octanol–water partition coefficient (Wildman–Crippen LogP) is 2.62. The Hall–Kier alpha value is -3.00.